The Morgan fingerprint density at radius 1 is 1.33 bits per heavy atom. The van der Waals surface area contributed by atoms with Gasteiger partial charge in [-0.2, -0.15) is 0 Å². The lowest BCUT2D eigenvalue weighted by Gasteiger charge is -2.29. The normalized spacial score (nSPS) is 11.8. The van der Waals surface area contributed by atoms with Crippen LogP contribution in [-0.4, -0.2) is 50.9 Å². The van der Waals surface area contributed by atoms with Crippen LogP contribution in [0, 0.1) is 5.41 Å². The number of hydrogen-bond donors (Lipinski definition) is 1. The summed E-state index contributed by atoms with van der Waals surface area (Å²) in [5, 5.41) is 0. The maximum Gasteiger partial charge on any atom is 0.237 e. The molecule has 0 fully saturated rings. The van der Waals surface area contributed by atoms with Crippen LogP contribution in [0.15, 0.2) is 0 Å². The smallest absolute Gasteiger partial charge is 0.237 e. The van der Waals surface area contributed by atoms with Crippen molar-refractivity contribution in [1.82, 2.24) is 4.90 Å². The highest BCUT2D eigenvalue weighted by atomic mass is 35.5. The fraction of sp³-hybridized carbons (Fsp3) is 0.909. The third-order valence-electron chi connectivity index (χ3n) is 2.50. The summed E-state index contributed by atoms with van der Waals surface area (Å²) >= 11 is 0. The van der Waals surface area contributed by atoms with Gasteiger partial charge in [-0.1, -0.05) is 20.8 Å². The molecular formula is C11H25ClN2O3S. The lowest BCUT2D eigenvalue weighted by atomic mass is 9.93. The number of halogens is 1. The van der Waals surface area contributed by atoms with E-state index >= 15 is 0 Å². The highest BCUT2D eigenvalue weighted by Crippen LogP contribution is 2.14. The van der Waals surface area contributed by atoms with Gasteiger partial charge in [-0.05, 0) is 18.4 Å². The highest BCUT2D eigenvalue weighted by Gasteiger charge is 2.24. The molecule has 0 rings (SSSR count). The van der Waals surface area contributed by atoms with Crippen LogP contribution in [0.25, 0.3) is 0 Å². The van der Waals surface area contributed by atoms with Crippen molar-refractivity contribution in [3.8, 4) is 0 Å². The molecule has 0 aliphatic heterocycles. The summed E-state index contributed by atoms with van der Waals surface area (Å²) in [6.45, 7) is 6.58. The molecule has 0 aliphatic rings. The SMILES string of the molecule is CCCS(=O)(=O)CC(=O)N(C)CC(C)(C)CN.Cl. The third-order valence-corrected chi connectivity index (χ3v) is 4.22. The van der Waals surface area contributed by atoms with Crippen molar-refractivity contribution >= 4 is 28.2 Å². The summed E-state index contributed by atoms with van der Waals surface area (Å²) < 4.78 is 23.0. The maximum absolute atomic E-state index is 11.7. The minimum atomic E-state index is -3.26. The molecule has 0 saturated carbocycles. The zero-order valence-corrected chi connectivity index (χ0v) is 13.2. The Morgan fingerprint density at radius 3 is 2.22 bits per heavy atom. The Morgan fingerprint density at radius 2 is 1.83 bits per heavy atom. The average molecular weight is 301 g/mol. The largest absolute Gasteiger partial charge is 0.344 e. The van der Waals surface area contributed by atoms with Gasteiger partial charge in [0, 0.05) is 13.6 Å². The lowest BCUT2D eigenvalue weighted by molar-refractivity contribution is -0.128. The Labute approximate surface area is 116 Å². The van der Waals surface area contributed by atoms with Crippen molar-refractivity contribution in [2.75, 3.05) is 31.6 Å². The predicted molar refractivity (Wildman–Crippen MR) is 76.7 cm³/mol. The van der Waals surface area contributed by atoms with Gasteiger partial charge in [0.25, 0.3) is 0 Å². The Bertz CT molecular complexity index is 355. The van der Waals surface area contributed by atoms with Crippen LogP contribution in [0.4, 0.5) is 0 Å². The Hall–Kier alpha value is -0.330. The predicted octanol–water partition coefficient (Wildman–Crippen LogP) is 0.676. The van der Waals surface area contributed by atoms with Gasteiger partial charge in [0.2, 0.25) is 5.91 Å². The maximum atomic E-state index is 11.7. The number of nitrogens with two attached hydrogens (primary N) is 1. The molecule has 0 heterocycles. The molecule has 18 heavy (non-hydrogen) atoms. The second-order valence-electron chi connectivity index (χ2n) is 5.21. The van der Waals surface area contributed by atoms with E-state index in [0.717, 1.165) is 0 Å². The molecule has 0 aromatic carbocycles. The monoisotopic (exact) mass is 300 g/mol. The summed E-state index contributed by atoms with van der Waals surface area (Å²) in [5.41, 5.74) is 5.38. The molecule has 5 nitrogen and oxygen atoms in total. The highest BCUT2D eigenvalue weighted by molar-refractivity contribution is 7.92. The molecule has 0 unspecified atom stereocenters. The first kappa shape index (κ1) is 20.0. The summed E-state index contributed by atoms with van der Waals surface area (Å²) in [7, 11) is -1.65. The number of sulfone groups is 1. The van der Waals surface area contributed by atoms with Crippen LogP contribution in [-0.2, 0) is 14.6 Å². The Kier molecular flexibility index (Phi) is 8.85. The van der Waals surface area contributed by atoms with Crippen LogP contribution >= 0.6 is 12.4 Å². The van der Waals surface area contributed by atoms with Crippen LogP contribution in [0.3, 0.4) is 0 Å². The molecule has 0 radical (unpaired) electrons. The Balaban J connectivity index is 0. The molecule has 0 aromatic rings. The van der Waals surface area contributed by atoms with Gasteiger partial charge in [0.1, 0.15) is 5.75 Å². The van der Waals surface area contributed by atoms with Gasteiger partial charge >= 0.3 is 0 Å². The van der Waals surface area contributed by atoms with Crippen LogP contribution in [0.5, 0.6) is 0 Å². The minimum Gasteiger partial charge on any atom is -0.344 e. The van der Waals surface area contributed by atoms with E-state index in [-0.39, 0.29) is 29.5 Å². The van der Waals surface area contributed by atoms with E-state index in [0.29, 0.717) is 19.5 Å². The van der Waals surface area contributed by atoms with E-state index in [4.69, 9.17) is 5.73 Å². The van der Waals surface area contributed by atoms with Gasteiger partial charge in [-0.3, -0.25) is 4.79 Å². The molecule has 1 amide bonds. The van der Waals surface area contributed by atoms with Crippen molar-refractivity contribution in [3.05, 3.63) is 0 Å². The van der Waals surface area contributed by atoms with Crippen LogP contribution in [0.1, 0.15) is 27.2 Å². The van der Waals surface area contributed by atoms with Crippen molar-refractivity contribution in [2.45, 2.75) is 27.2 Å². The van der Waals surface area contributed by atoms with Crippen molar-refractivity contribution in [1.29, 1.82) is 0 Å². The van der Waals surface area contributed by atoms with Crippen molar-refractivity contribution in [2.24, 2.45) is 11.1 Å². The fourth-order valence-electron chi connectivity index (χ4n) is 1.48. The topological polar surface area (TPSA) is 80.5 Å². The number of rotatable bonds is 7. The molecule has 0 spiro atoms. The first-order valence-electron chi connectivity index (χ1n) is 5.78. The summed E-state index contributed by atoms with van der Waals surface area (Å²) in [6.07, 6.45) is 0.535. The molecule has 0 bridgehead atoms. The molecule has 7 heteroatoms. The second-order valence-corrected chi connectivity index (χ2v) is 7.39. The van der Waals surface area contributed by atoms with Crippen molar-refractivity contribution < 1.29 is 13.2 Å². The molecule has 0 saturated heterocycles. The number of carbonyl (C=O) groups is 1. The summed E-state index contributed by atoms with van der Waals surface area (Å²) in [5.74, 6) is -0.704. The van der Waals surface area contributed by atoms with E-state index in [9.17, 15) is 13.2 Å². The fourth-order valence-corrected chi connectivity index (χ4v) is 2.84. The van der Waals surface area contributed by atoms with Crippen LogP contribution < -0.4 is 5.73 Å². The minimum absolute atomic E-state index is 0. The van der Waals surface area contributed by atoms with Gasteiger partial charge < -0.3 is 10.6 Å². The number of carbonyl (C=O) groups excluding carboxylic acids is 1. The zero-order chi connectivity index (χ0) is 13.7. The second kappa shape index (κ2) is 7.96. The summed E-state index contributed by atoms with van der Waals surface area (Å²) in [4.78, 5) is 13.2. The molecule has 0 aliphatic carbocycles. The molecule has 2 N–H and O–H groups in total. The van der Waals surface area contributed by atoms with E-state index in [1.165, 1.54) is 4.90 Å². The quantitative estimate of drug-likeness (QED) is 0.749. The molecule has 0 atom stereocenters. The van der Waals surface area contributed by atoms with Gasteiger partial charge in [-0.25, -0.2) is 8.42 Å². The molecule has 110 valence electrons. The van der Waals surface area contributed by atoms with E-state index in [1.807, 2.05) is 13.8 Å². The average Bonchev–Trinajstić information content (AvgIpc) is 2.16. The third kappa shape index (κ3) is 7.89. The van der Waals surface area contributed by atoms with Gasteiger partial charge in [0.05, 0.1) is 5.75 Å². The zero-order valence-electron chi connectivity index (χ0n) is 11.6. The number of hydrogen-bond acceptors (Lipinski definition) is 4. The number of amides is 1. The standard InChI is InChI=1S/C11H24N2O3S.ClH/c1-5-6-17(15,16)7-10(14)13(4)9-11(2,3)8-12;/h5-9,12H2,1-4H3;1H. The molecular weight excluding hydrogens is 276 g/mol. The van der Waals surface area contributed by atoms with E-state index < -0.39 is 15.6 Å². The van der Waals surface area contributed by atoms with Gasteiger partial charge in [-0.15, -0.1) is 12.4 Å². The first-order chi connectivity index (χ1) is 7.63. The lowest BCUT2D eigenvalue weighted by Crippen LogP contribution is -2.42. The van der Waals surface area contributed by atoms with E-state index in [1.54, 1.807) is 14.0 Å². The molecule has 0 aromatic heterocycles. The number of nitrogens with zero attached hydrogens (tertiary/aromatic N) is 1. The first-order valence-corrected chi connectivity index (χ1v) is 7.60. The summed E-state index contributed by atoms with van der Waals surface area (Å²) in [6, 6.07) is 0. The van der Waals surface area contributed by atoms with Crippen LogP contribution in [0.2, 0.25) is 0 Å². The van der Waals surface area contributed by atoms with E-state index in [2.05, 4.69) is 0 Å². The van der Waals surface area contributed by atoms with Gasteiger partial charge in [0.15, 0.2) is 9.84 Å². The van der Waals surface area contributed by atoms with Crippen molar-refractivity contribution in [3.63, 3.8) is 0 Å².